The summed E-state index contributed by atoms with van der Waals surface area (Å²) in [5.41, 5.74) is 22.9. The van der Waals surface area contributed by atoms with Gasteiger partial charge in [-0.2, -0.15) is 0 Å². The van der Waals surface area contributed by atoms with Crippen LogP contribution >= 0.6 is 49.9 Å². The molecule has 9 N–H and O–H groups in total. The van der Waals surface area contributed by atoms with Gasteiger partial charge >= 0.3 is 29.6 Å². The summed E-state index contributed by atoms with van der Waals surface area (Å²) in [7, 11) is 0. The van der Waals surface area contributed by atoms with Crippen molar-refractivity contribution in [2.75, 3.05) is 40.6 Å². The van der Waals surface area contributed by atoms with Gasteiger partial charge in [0.05, 0.1) is 38.0 Å². The van der Waals surface area contributed by atoms with Gasteiger partial charge < -0.3 is 38.0 Å². The van der Waals surface area contributed by atoms with Gasteiger partial charge in [-0.05, 0) is 75.9 Å². The van der Waals surface area contributed by atoms with E-state index in [0.717, 1.165) is 62.8 Å². The molecule has 1 aliphatic rings. The first-order valence-electron chi connectivity index (χ1n) is 16.5. The maximum absolute atomic E-state index is 11.1. The number of carbonyl (C=O) groups is 3. The van der Waals surface area contributed by atoms with Crippen LogP contribution in [0.1, 0.15) is 58.9 Å². The monoisotopic (exact) mass is 880 g/mol. The van der Waals surface area contributed by atoms with Crippen LogP contribution in [0.3, 0.4) is 0 Å². The van der Waals surface area contributed by atoms with Crippen LogP contribution in [0.2, 0.25) is 0 Å². The van der Waals surface area contributed by atoms with Gasteiger partial charge in [-0.25, -0.2) is 15.0 Å². The van der Waals surface area contributed by atoms with E-state index >= 15 is 0 Å². The molecule has 4 heterocycles. The van der Waals surface area contributed by atoms with Crippen molar-refractivity contribution >= 4 is 94.1 Å². The van der Waals surface area contributed by atoms with E-state index < -0.39 is 0 Å². The Bertz CT molecular complexity index is 1920. The van der Waals surface area contributed by atoms with Crippen molar-refractivity contribution in [2.24, 2.45) is 5.73 Å². The third kappa shape index (κ3) is 18.3. The molecule has 0 atom stereocenters. The molecule has 18 heteroatoms. The first-order valence-corrected chi connectivity index (χ1v) is 20.1. The number of nitrogen functional groups attached to an aromatic ring is 2. The summed E-state index contributed by atoms with van der Waals surface area (Å²) in [6, 6.07) is 15.3. The van der Waals surface area contributed by atoms with Gasteiger partial charge in [-0.15, -0.1) is 11.3 Å². The summed E-state index contributed by atoms with van der Waals surface area (Å²) >= 11 is 7.30. The molecular weight excluding hydrogens is 836 g/mol. The van der Waals surface area contributed by atoms with Crippen molar-refractivity contribution in [1.29, 1.82) is 0 Å². The van der Waals surface area contributed by atoms with Crippen molar-refractivity contribution < 1.29 is 54.2 Å². The number of thiazole rings is 3. The molecule has 6 rings (SSSR count). The van der Waals surface area contributed by atoms with Crippen LogP contribution in [0.25, 0.3) is 10.6 Å². The van der Waals surface area contributed by atoms with Gasteiger partial charge in [-0.1, -0.05) is 69.4 Å². The molecule has 0 aliphatic carbocycles. The SMILES string of the molecule is C1CCOC1.C=C(N)Nc1ccc(CC(C)=O)cc1.CC(=O)Cc1ccc(Nc2nc(-c3sc(N)nc3C)cs2)cc1.Cc1nc(N)sc1C(=O)CBr.[Na+].[OH-]. The number of Topliss-reactive ketones (excluding diaryl/α,β-unsaturated/α-hetero) is 3. The molecule has 0 unspecified atom stereocenters. The first-order chi connectivity index (χ1) is 25.2. The van der Waals surface area contributed by atoms with Crippen LogP contribution in [0, 0.1) is 13.8 Å². The van der Waals surface area contributed by atoms with Crippen molar-refractivity contribution in [1.82, 2.24) is 15.0 Å². The second-order valence-electron chi connectivity index (χ2n) is 11.8. The van der Waals surface area contributed by atoms with E-state index in [1.807, 2.05) is 60.8 Å². The van der Waals surface area contributed by atoms with Gasteiger partial charge in [0, 0.05) is 42.8 Å². The van der Waals surface area contributed by atoms with Gasteiger partial charge in [0.1, 0.15) is 11.6 Å². The summed E-state index contributed by atoms with van der Waals surface area (Å²) in [4.78, 5) is 47.5. The van der Waals surface area contributed by atoms with Gasteiger partial charge in [0.2, 0.25) is 0 Å². The zero-order valence-corrected chi connectivity index (χ0v) is 37.6. The van der Waals surface area contributed by atoms with Crippen molar-refractivity contribution in [3.63, 3.8) is 0 Å². The molecule has 0 spiro atoms. The normalized spacial score (nSPS) is 11.1. The number of ether oxygens (including phenoxy) is 1. The van der Waals surface area contributed by atoms with Crippen LogP contribution in [-0.4, -0.2) is 56.3 Å². The molecule has 13 nitrogen and oxygen atoms in total. The molecule has 290 valence electrons. The van der Waals surface area contributed by atoms with E-state index in [4.69, 9.17) is 21.9 Å². The van der Waals surface area contributed by atoms with Crippen LogP contribution < -0.4 is 57.4 Å². The minimum absolute atomic E-state index is 0. The van der Waals surface area contributed by atoms with Crippen LogP contribution in [-0.2, 0) is 27.2 Å². The van der Waals surface area contributed by atoms with E-state index in [-0.39, 0.29) is 52.4 Å². The van der Waals surface area contributed by atoms with Gasteiger partial charge in [0.15, 0.2) is 21.2 Å². The fraction of sp³-hybridized carbons (Fsp3) is 0.297. The molecule has 5 aromatic rings. The predicted molar refractivity (Wildman–Crippen MR) is 226 cm³/mol. The Kier molecular flexibility index (Phi) is 23.0. The number of aryl methyl sites for hydroxylation is 2. The Hall–Kier alpha value is -3.52. The maximum Gasteiger partial charge on any atom is 1.00 e. The number of nitrogens with one attached hydrogen (secondary N) is 2. The maximum atomic E-state index is 11.1. The topological polar surface area (TPSA) is 231 Å². The summed E-state index contributed by atoms with van der Waals surface area (Å²) < 4.78 is 4.94. The fourth-order valence-electron chi connectivity index (χ4n) is 4.63. The molecule has 1 fully saturated rings. The molecule has 1 saturated heterocycles. The number of ketones is 3. The number of anilines is 5. The Morgan fingerprint density at radius 3 is 1.75 bits per heavy atom. The van der Waals surface area contributed by atoms with E-state index in [9.17, 15) is 14.4 Å². The van der Waals surface area contributed by atoms with E-state index in [1.165, 1.54) is 46.9 Å². The molecule has 3 aromatic heterocycles. The molecule has 0 radical (unpaired) electrons. The van der Waals surface area contributed by atoms with E-state index in [1.54, 1.807) is 20.8 Å². The van der Waals surface area contributed by atoms with Crippen molar-refractivity contribution in [3.8, 4) is 10.6 Å². The number of nitrogens with two attached hydrogens (primary N) is 3. The number of aromatic nitrogens is 3. The standard InChI is InChI=1S/C16H16N4OS2.C11H14N2O.C6H7BrN2OS.C4H8O.Na.H2O/c1-9(21)7-11-3-5-12(6-4-11)19-16-20-13(8-22-16)14-10(2)18-15(17)23-14;1-8(14)7-10-3-5-11(6-4-10)13-9(2)12;1-3-5(4(10)2-7)11-6(8)9-3;1-2-4-5-3-1;;/h3-6,8H,7H2,1-2H3,(H2,17,18)(H,19,20);3-6,13H,2,7,12H2,1H3;2H2,1H3,(H2,8,9);1-4H2;;1H2/q;;;;+1;/p-1. The summed E-state index contributed by atoms with van der Waals surface area (Å²) in [6.45, 7) is 12.4. The van der Waals surface area contributed by atoms with Gasteiger partial charge in [0.25, 0.3) is 0 Å². The molecule has 0 saturated carbocycles. The third-order valence-electron chi connectivity index (χ3n) is 6.94. The zero-order chi connectivity index (χ0) is 38.9. The Balaban J connectivity index is 0.000000405. The van der Waals surface area contributed by atoms with Gasteiger partial charge in [-0.3, -0.25) is 14.4 Å². The average molecular weight is 882 g/mol. The molecule has 1 aliphatic heterocycles. The molecule has 55 heavy (non-hydrogen) atoms. The Labute approximate surface area is 364 Å². The van der Waals surface area contributed by atoms with Crippen LogP contribution in [0.15, 0.2) is 66.3 Å². The van der Waals surface area contributed by atoms with E-state index in [0.29, 0.717) is 39.1 Å². The quantitative estimate of drug-likeness (QED) is 0.0674. The predicted octanol–water partition coefficient (Wildman–Crippen LogP) is 4.93. The molecule has 0 amide bonds. The summed E-state index contributed by atoms with van der Waals surface area (Å²) in [5, 5.41) is 10.3. The number of hydrogen-bond donors (Lipinski definition) is 5. The Morgan fingerprint density at radius 1 is 0.836 bits per heavy atom. The van der Waals surface area contributed by atoms with Crippen molar-refractivity contribution in [2.45, 2.75) is 53.4 Å². The number of benzene rings is 2. The van der Waals surface area contributed by atoms with Crippen molar-refractivity contribution in [3.05, 3.63) is 93.7 Å². The second kappa shape index (κ2) is 25.6. The fourth-order valence-corrected chi connectivity index (χ4v) is 7.46. The van der Waals surface area contributed by atoms with Crippen LogP contribution in [0.4, 0.5) is 26.8 Å². The zero-order valence-electron chi connectivity index (χ0n) is 31.6. The van der Waals surface area contributed by atoms with E-state index in [2.05, 4.69) is 48.1 Å². The number of nitrogens with zero attached hydrogens (tertiary/aromatic N) is 3. The minimum atomic E-state index is 0. The first kappa shape index (κ1) is 49.5. The minimum Gasteiger partial charge on any atom is -0.870 e. The molecule has 2 aromatic carbocycles. The number of hydrogen-bond acceptors (Lipinski definition) is 16. The number of alkyl halides is 1. The van der Waals surface area contributed by atoms with Crippen LogP contribution in [0.5, 0.6) is 0 Å². The summed E-state index contributed by atoms with van der Waals surface area (Å²) in [5.74, 6) is 0.768. The number of rotatable bonds is 11. The largest absolute Gasteiger partial charge is 1.00 e. The number of halogens is 1. The number of carbonyl (C=O) groups excluding carboxylic acids is 3. The molecule has 0 bridgehead atoms. The smallest absolute Gasteiger partial charge is 0.870 e. The summed E-state index contributed by atoms with van der Waals surface area (Å²) in [6.07, 6.45) is 3.50. The second-order valence-corrected chi connectivity index (χ2v) is 15.3. The third-order valence-corrected chi connectivity index (χ3v) is 10.2. The Morgan fingerprint density at radius 2 is 1.35 bits per heavy atom. The average Bonchev–Trinajstić information content (AvgIpc) is 3.93. The molecular formula is C37H46BrN8NaO5S3.